The molecule has 0 atom stereocenters. The van der Waals surface area contributed by atoms with Gasteiger partial charge in [-0.3, -0.25) is 4.79 Å². The molecule has 1 fully saturated rings. The van der Waals surface area contributed by atoms with Gasteiger partial charge in [0.25, 0.3) is 0 Å². The highest BCUT2D eigenvalue weighted by atomic mass is 16.7. The van der Waals surface area contributed by atoms with Crippen LogP contribution in [0.25, 0.3) is 0 Å². The average Bonchev–Trinajstić information content (AvgIpc) is 2.45. The lowest BCUT2D eigenvalue weighted by Gasteiger charge is -2.09. The Morgan fingerprint density at radius 3 is 2.75 bits per heavy atom. The third kappa shape index (κ3) is 1.20. The lowest BCUT2D eigenvalue weighted by molar-refractivity contribution is -0.169. The zero-order valence-corrected chi connectivity index (χ0v) is 4.83. The van der Waals surface area contributed by atoms with Crippen LogP contribution in [0.3, 0.4) is 0 Å². The van der Waals surface area contributed by atoms with Crippen LogP contribution in [-0.2, 0) is 9.63 Å². The van der Waals surface area contributed by atoms with Gasteiger partial charge in [-0.2, -0.15) is 0 Å². The Labute approximate surface area is 48.2 Å². The maximum Gasteiger partial charge on any atom is 0.312 e. The second-order valence-electron chi connectivity index (χ2n) is 1.98. The van der Waals surface area contributed by atoms with Crippen LogP contribution in [0.5, 0.6) is 0 Å². The Morgan fingerprint density at radius 2 is 2.38 bits per heavy atom. The Morgan fingerprint density at radius 1 is 1.75 bits per heavy atom. The van der Waals surface area contributed by atoms with Crippen LogP contribution < -0.4 is 0 Å². The molecule has 0 N–H and O–H groups in total. The number of carbonyl (C=O) groups is 1. The maximum absolute atomic E-state index is 9.68. The number of carbonyl (C=O) groups excluding carboxylic acids is 1. The van der Waals surface area contributed by atoms with Crippen molar-refractivity contribution in [2.45, 2.75) is 18.9 Å². The van der Waals surface area contributed by atoms with Gasteiger partial charge in [0.2, 0.25) is 0 Å². The first kappa shape index (κ1) is 5.56. The van der Waals surface area contributed by atoms with Crippen molar-refractivity contribution in [1.82, 2.24) is 5.06 Å². The molecule has 0 heterocycles. The van der Waals surface area contributed by atoms with Crippen molar-refractivity contribution in [3.63, 3.8) is 0 Å². The van der Waals surface area contributed by atoms with E-state index in [2.05, 4.69) is 4.84 Å². The molecule has 0 aromatic heterocycles. The minimum atomic E-state index is 0.457. The summed E-state index contributed by atoms with van der Waals surface area (Å²) in [5, 5.41) is 1.59. The quantitative estimate of drug-likeness (QED) is 0.388. The molecule has 1 aliphatic carbocycles. The average molecular weight is 115 g/mol. The van der Waals surface area contributed by atoms with Crippen LogP contribution in [-0.4, -0.2) is 24.6 Å². The number of nitrogens with zero attached hydrogens (tertiary/aromatic N) is 1. The monoisotopic (exact) mass is 115 g/mol. The van der Waals surface area contributed by atoms with Crippen LogP contribution >= 0.6 is 0 Å². The molecule has 46 valence electrons. The highest BCUT2D eigenvalue weighted by Crippen LogP contribution is 2.24. The van der Waals surface area contributed by atoms with E-state index in [0.717, 1.165) is 12.8 Å². The first-order chi connectivity index (χ1) is 3.84. The van der Waals surface area contributed by atoms with Gasteiger partial charge in [0.05, 0.1) is 0 Å². The second kappa shape index (κ2) is 2.13. The molecule has 0 aliphatic heterocycles. The summed E-state index contributed by atoms with van der Waals surface area (Å²) >= 11 is 0. The molecule has 0 bridgehead atoms. The molecule has 0 aromatic carbocycles. The first-order valence-corrected chi connectivity index (χ1v) is 2.68. The third-order valence-electron chi connectivity index (χ3n) is 1.27. The van der Waals surface area contributed by atoms with Gasteiger partial charge in [-0.15, -0.1) is 5.06 Å². The Hall–Kier alpha value is -0.570. The molecule has 0 amide bonds. The van der Waals surface area contributed by atoms with Gasteiger partial charge >= 0.3 is 6.47 Å². The van der Waals surface area contributed by atoms with Gasteiger partial charge in [-0.05, 0) is 12.8 Å². The van der Waals surface area contributed by atoms with E-state index in [0.29, 0.717) is 12.5 Å². The van der Waals surface area contributed by atoms with Gasteiger partial charge in [-0.25, -0.2) is 0 Å². The molecule has 0 aromatic rings. The predicted octanol–water partition coefficient (Wildman–Crippen LogP) is 0.169. The summed E-state index contributed by atoms with van der Waals surface area (Å²) in [4.78, 5) is 14.2. The molecule has 0 radical (unpaired) electrons. The lowest BCUT2D eigenvalue weighted by atomic mass is 10.7. The predicted molar refractivity (Wildman–Crippen MR) is 27.9 cm³/mol. The summed E-state index contributed by atoms with van der Waals surface area (Å²) in [5.41, 5.74) is 0. The van der Waals surface area contributed by atoms with Crippen molar-refractivity contribution in [3.8, 4) is 0 Å². The summed E-state index contributed by atoms with van der Waals surface area (Å²) in [6.07, 6.45) is 2.31. The highest BCUT2D eigenvalue weighted by molar-refractivity contribution is 5.36. The summed E-state index contributed by atoms with van der Waals surface area (Å²) in [6, 6.07) is 0.500. The largest absolute Gasteiger partial charge is 0.371 e. The highest BCUT2D eigenvalue weighted by Gasteiger charge is 2.27. The van der Waals surface area contributed by atoms with Crippen LogP contribution in [0.15, 0.2) is 0 Å². The minimum absolute atomic E-state index is 0.457. The van der Waals surface area contributed by atoms with E-state index in [4.69, 9.17) is 0 Å². The summed E-state index contributed by atoms with van der Waals surface area (Å²) in [6.45, 7) is 0.457. The smallest absolute Gasteiger partial charge is 0.312 e. The number of rotatable bonds is 3. The summed E-state index contributed by atoms with van der Waals surface area (Å²) < 4.78 is 0. The normalized spacial score (nSPS) is 18.8. The van der Waals surface area contributed by atoms with Crippen LogP contribution in [0, 0.1) is 0 Å². The van der Waals surface area contributed by atoms with Crippen molar-refractivity contribution < 1.29 is 9.63 Å². The molecule has 1 rings (SSSR count). The zero-order valence-electron chi connectivity index (χ0n) is 4.83. The lowest BCUT2D eigenvalue weighted by Crippen LogP contribution is -2.19. The fourth-order valence-electron chi connectivity index (χ4n) is 0.592. The topological polar surface area (TPSA) is 29.5 Å². The van der Waals surface area contributed by atoms with E-state index >= 15 is 0 Å². The van der Waals surface area contributed by atoms with Crippen molar-refractivity contribution in [2.75, 3.05) is 7.05 Å². The SMILES string of the molecule is CN(OC=O)C1CC1. The van der Waals surface area contributed by atoms with E-state index in [9.17, 15) is 4.79 Å². The molecule has 0 spiro atoms. The molecule has 0 unspecified atom stereocenters. The maximum atomic E-state index is 9.68. The second-order valence-corrected chi connectivity index (χ2v) is 1.98. The molecule has 0 saturated heterocycles. The van der Waals surface area contributed by atoms with Gasteiger partial charge in [0.1, 0.15) is 0 Å². The zero-order chi connectivity index (χ0) is 5.98. The third-order valence-corrected chi connectivity index (χ3v) is 1.27. The van der Waals surface area contributed by atoms with Gasteiger partial charge in [0.15, 0.2) is 0 Å². The minimum Gasteiger partial charge on any atom is -0.371 e. The Bertz CT molecular complexity index is 90.4. The van der Waals surface area contributed by atoms with Gasteiger partial charge < -0.3 is 4.84 Å². The van der Waals surface area contributed by atoms with E-state index in [1.807, 2.05) is 0 Å². The van der Waals surface area contributed by atoms with E-state index in [1.165, 1.54) is 0 Å². The molecule has 1 saturated carbocycles. The molecule has 3 nitrogen and oxygen atoms in total. The Balaban J connectivity index is 2.12. The summed E-state index contributed by atoms with van der Waals surface area (Å²) in [5.74, 6) is 0. The van der Waals surface area contributed by atoms with E-state index in [-0.39, 0.29) is 0 Å². The van der Waals surface area contributed by atoms with Gasteiger partial charge in [0, 0.05) is 13.1 Å². The van der Waals surface area contributed by atoms with Crippen molar-refractivity contribution in [3.05, 3.63) is 0 Å². The molecular formula is C5H9NO2. The van der Waals surface area contributed by atoms with E-state index in [1.54, 1.807) is 12.1 Å². The molecular weight excluding hydrogens is 106 g/mol. The van der Waals surface area contributed by atoms with Crippen molar-refractivity contribution in [2.24, 2.45) is 0 Å². The number of hydrogen-bond donors (Lipinski definition) is 0. The number of hydrogen-bond acceptors (Lipinski definition) is 3. The van der Waals surface area contributed by atoms with Gasteiger partial charge in [-0.1, -0.05) is 0 Å². The standard InChI is InChI=1S/C5H9NO2/c1-6(8-4-7)5-2-3-5/h4-5H,2-3H2,1H3. The van der Waals surface area contributed by atoms with Crippen LogP contribution in [0.1, 0.15) is 12.8 Å². The van der Waals surface area contributed by atoms with Crippen LogP contribution in [0.2, 0.25) is 0 Å². The van der Waals surface area contributed by atoms with Crippen molar-refractivity contribution in [1.29, 1.82) is 0 Å². The molecule has 1 aliphatic rings. The Kier molecular flexibility index (Phi) is 1.48. The summed E-state index contributed by atoms with van der Waals surface area (Å²) in [7, 11) is 1.77. The number of hydroxylamine groups is 2. The first-order valence-electron chi connectivity index (χ1n) is 2.68. The van der Waals surface area contributed by atoms with E-state index < -0.39 is 0 Å². The van der Waals surface area contributed by atoms with Crippen molar-refractivity contribution >= 4 is 6.47 Å². The van der Waals surface area contributed by atoms with Crippen LogP contribution in [0.4, 0.5) is 0 Å². The fourth-order valence-corrected chi connectivity index (χ4v) is 0.592. The molecule has 3 heteroatoms. The molecule has 8 heavy (non-hydrogen) atoms. The fraction of sp³-hybridized carbons (Fsp3) is 0.800.